The Bertz CT molecular complexity index is 388. The van der Waals surface area contributed by atoms with Crippen molar-refractivity contribution in [2.45, 2.75) is 12.2 Å². The van der Waals surface area contributed by atoms with Crippen LogP contribution in [-0.2, 0) is 4.79 Å². The molecular formula is C8H8ClFN2O3. The molecule has 2 unspecified atom stereocenters. The van der Waals surface area contributed by atoms with Gasteiger partial charge in [-0.1, -0.05) is 11.6 Å². The minimum atomic E-state index is -1.81. The smallest absolute Gasteiger partial charge is 0.249 e. The fourth-order valence-corrected chi connectivity index (χ4v) is 1.04. The number of hydrogen-bond donors (Lipinski definition) is 3. The molecule has 0 spiro atoms. The molecule has 1 rings (SSSR count). The zero-order chi connectivity index (χ0) is 11.6. The molecule has 0 bridgehead atoms. The average molecular weight is 235 g/mol. The van der Waals surface area contributed by atoms with Crippen molar-refractivity contribution in [2.24, 2.45) is 5.73 Å². The van der Waals surface area contributed by atoms with Crippen molar-refractivity contribution in [3.05, 3.63) is 28.8 Å². The van der Waals surface area contributed by atoms with Crippen molar-refractivity contribution in [3.63, 3.8) is 0 Å². The molecule has 0 saturated carbocycles. The van der Waals surface area contributed by atoms with Crippen molar-refractivity contribution >= 4 is 17.5 Å². The first-order valence-corrected chi connectivity index (χ1v) is 4.27. The van der Waals surface area contributed by atoms with E-state index in [9.17, 15) is 14.3 Å². The van der Waals surface area contributed by atoms with Gasteiger partial charge in [-0.2, -0.15) is 0 Å². The van der Waals surface area contributed by atoms with Crippen LogP contribution in [0.2, 0.25) is 5.15 Å². The lowest BCUT2D eigenvalue weighted by molar-refractivity contribution is -0.132. The van der Waals surface area contributed by atoms with E-state index >= 15 is 0 Å². The number of carbonyl (C=O) groups is 1. The Kier molecular flexibility index (Phi) is 3.57. The highest BCUT2D eigenvalue weighted by Crippen LogP contribution is 2.19. The lowest BCUT2D eigenvalue weighted by Gasteiger charge is -2.14. The second-order valence-corrected chi connectivity index (χ2v) is 3.19. The predicted molar refractivity (Wildman–Crippen MR) is 49.4 cm³/mol. The Hall–Kier alpha value is -1.24. The van der Waals surface area contributed by atoms with Crippen molar-refractivity contribution in [1.29, 1.82) is 0 Å². The number of aliphatic hydroxyl groups is 2. The number of nitrogens with zero attached hydrogens (tertiary/aromatic N) is 1. The third-order valence-electron chi connectivity index (χ3n) is 1.75. The molecule has 0 fully saturated rings. The Labute approximate surface area is 89.3 Å². The average Bonchev–Trinajstić information content (AvgIpc) is 2.19. The van der Waals surface area contributed by atoms with E-state index in [1.165, 1.54) is 0 Å². The molecule has 15 heavy (non-hydrogen) atoms. The molecule has 7 heteroatoms. The van der Waals surface area contributed by atoms with Gasteiger partial charge in [0, 0.05) is 11.8 Å². The van der Waals surface area contributed by atoms with Gasteiger partial charge < -0.3 is 15.9 Å². The van der Waals surface area contributed by atoms with Gasteiger partial charge in [0.2, 0.25) is 5.91 Å². The summed E-state index contributed by atoms with van der Waals surface area (Å²) in [5.41, 5.74) is 4.67. The number of amides is 1. The lowest BCUT2D eigenvalue weighted by Crippen LogP contribution is -2.33. The van der Waals surface area contributed by atoms with Gasteiger partial charge in [0.1, 0.15) is 6.10 Å². The van der Waals surface area contributed by atoms with Gasteiger partial charge in [-0.05, 0) is 6.07 Å². The first-order chi connectivity index (χ1) is 6.93. The van der Waals surface area contributed by atoms with Gasteiger partial charge in [0.05, 0.1) is 0 Å². The number of hydrogen-bond acceptors (Lipinski definition) is 4. The zero-order valence-corrected chi connectivity index (χ0v) is 8.15. The molecule has 82 valence electrons. The highest BCUT2D eigenvalue weighted by molar-refractivity contribution is 6.29. The molecular weight excluding hydrogens is 227 g/mol. The SMILES string of the molecule is NC(=O)C(O)C(O)c1cnc(Cl)c(F)c1. The van der Waals surface area contributed by atoms with E-state index in [0.717, 1.165) is 12.3 Å². The third kappa shape index (κ3) is 2.62. The summed E-state index contributed by atoms with van der Waals surface area (Å²) < 4.78 is 12.9. The molecule has 0 aromatic carbocycles. The molecule has 0 radical (unpaired) electrons. The van der Waals surface area contributed by atoms with Gasteiger partial charge >= 0.3 is 0 Å². The topological polar surface area (TPSA) is 96.4 Å². The van der Waals surface area contributed by atoms with Crippen LogP contribution in [0.1, 0.15) is 11.7 Å². The van der Waals surface area contributed by atoms with Crippen LogP contribution in [0, 0.1) is 5.82 Å². The van der Waals surface area contributed by atoms with Crippen LogP contribution < -0.4 is 5.73 Å². The van der Waals surface area contributed by atoms with E-state index in [1.54, 1.807) is 0 Å². The summed E-state index contributed by atoms with van der Waals surface area (Å²) in [6, 6.07) is 0.867. The van der Waals surface area contributed by atoms with Crippen LogP contribution in [0.25, 0.3) is 0 Å². The van der Waals surface area contributed by atoms with E-state index in [0.29, 0.717) is 0 Å². The maximum absolute atomic E-state index is 12.9. The van der Waals surface area contributed by atoms with E-state index < -0.39 is 23.9 Å². The predicted octanol–water partition coefficient (Wildman–Crippen LogP) is -0.246. The Balaban J connectivity index is 2.96. The molecule has 2 atom stereocenters. The number of nitrogens with two attached hydrogens (primary N) is 1. The van der Waals surface area contributed by atoms with E-state index in [4.69, 9.17) is 22.4 Å². The molecule has 1 aromatic rings. The summed E-state index contributed by atoms with van der Waals surface area (Å²) in [6.07, 6.45) is -2.39. The first-order valence-electron chi connectivity index (χ1n) is 3.90. The maximum atomic E-state index is 12.9. The van der Waals surface area contributed by atoms with E-state index in [-0.39, 0.29) is 10.7 Å². The quantitative estimate of drug-likeness (QED) is 0.629. The lowest BCUT2D eigenvalue weighted by atomic mass is 10.1. The Morgan fingerprint density at radius 1 is 1.60 bits per heavy atom. The highest BCUT2D eigenvalue weighted by atomic mass is 35.5. The third-order valence-corrected chi connectivity index (χ3v) is 2.03. The van der Waals surface area contributed by atoms with Crippen LogP contribution >= 0.6 is 11.6 Å². The van der Waals surface area contributed by atoms with Crippen LogP contribution in [-0.4, -0.2) is 27.2 Å². The van der Waals surface area contributed by atoms with Crippen molar-refractivity contribution in [1.82, 2.24) is 4.98 Å². The molecule has 5 nitrogen and oxygen atoms in total. The van der Waals surface area contributed by atoms with Crippen molar-refractivity contribution in [2.75, 3.05) is 0 Å². The molecule has 0 aliphatic heterocycles. The van der Waals surface area contributed by atoms with E-state index in [2.05, 4.69) is 4.98 Å². The van der Waals surface area contributed by atoms with Crippen molar-refractivity contribution < 1.29 is 19.4 Å². The van der Waals surface area contributed by atoms with Gasteiger partial charge in [-0.25, -0.2) is 9.37 Å². The van der Waals surface area contributed by atoms with Gasteiger partial charge in [0.25, 0.3) is 0 Å². The molecule has 4 N–H and O–H groups in total. The van der Waals surface area contributed by atoms with Gasteiger partial charge in [0.15, 0.2) is 17.1 Å². The first kappa shape index (κ1) is 11.8. The Morgan fingerprint density at radius 3 is 2.67 bits per heavy atom. The van der Waals surface area contributed by atoms with Crippen LogP contribution in [0.15, 0.2) is 12.3 Å². The minimum absolute atomic E-state index is 0.0804. The molecule has 1 amide bonds. The molecule has 1 heterocycles. The largest absolute Gasteiger partial charge is 0.385 e. The van der Waals surface area contributed by atoms with Gasteiger partial charge in [-0.3, -0.25) is 4.79 Å². The maximum Gasteiger partial charge on any atom is 0.249 e. The summed E-state index contributed by atoms with van der Waals surface area (Å²) in [6.45, 7) is 0. The second-order valence-electron chi connectivity index (χ2n) is 2.83. The zero-order valence-electron chi connectivity index (χ0n) is 7.39. The number of pyridine rings is 1. The fraction of sp³-hybridized carbons (Fsp3) is 0.250. The summed E-state index contributed by atoms with van der Waals surface area (Å²) in [5.74, 6) is -1.97. The number of aromatic nitrogens is 1. The van der Waals surface area contributed by atoms with Crippen molar-refractivity contribution in [3.8, 4) is 0 Å². The summed E-state index contributed by atoms with van der Waals surface area (Å²) in [7, 11) is 0. The van der Waals surface area contributed by atoms with Crippen LogP contribution in [0.4, 0.5) is 4.39 Å². The number of primary amides is 1. The standard InChI is InChI=1S/C8H8ClFN2O3/c9-7-4(10)1-3(2-12-7)5(13)6(14)8(11)15/h1-2,5-6,13-14H,(H2,11,15). The number of carbonyl (C=O) groups excluding carboxylic acids is 1. The van der Waals surface area contributed by atoms with Crippen LogP contribution in [0.5, 0.6) is 0 Å². The number of halogens is 2. The van der Waals surface area contributed by atoms with E-state index in [1.807, 2.05) is 0 Å². The number of rotatable bonds is 3. The summed E-state index contributed by atoms with van der Waals surface area (Å²) >= 11 is 5.31. The van der Waals surface area contributed by atoms with Crippen LogP contribution in [0.3, 0.4) is 0 Å². The minimum Gasteiger partial charge on any atom is -0.385 e. The number of aliphatic hydroxyl groups excluding tert-OH is 2. The molecule has 0 aliphatic rings. The normalized spacial score (nSPS) is 14.7. The Morgan fingerprint density at radius 2 is 2.20 bits per heavy atom. The van der Waals surface area contributed by atoms with Gasteiger partial charge in [-0.15, -0.1) is 0 Å². The summed E-state index contributed by atoms with van der Waals surface area (Å²) in [4.78, 5) is 13.9. The monoisotopic (exact) mass is 234 g/mol. The second kappa shape index (κ2) is 4.52. The fourth-order valence-electron chi connectivity index (χ4n) is 0.936. The summed E-state index contributed by atoms with van der Waals surface area (Å²) in [5, 5.41) is 18.1. The molecule has 0 aliphatic carbocycles. The highest BCUT2D eigenvalue weighted by Gasteiger charge is 2.24. The molecule has 0 saturated heterocycles. The molecule has 1 aromatic heterocycles.